The Morgan fingerprint density at radius 1 is 1.16 bits per heavy atom. The highest BCUT2D eigenvalue weighted by molar-refractivity contribution is 5.88. The maximum Gasteiger partial charge on any atom is 0.314 e. The molecule has 5 heteroatoms. The number of aliphatic hydroxyl groups excluding tert-OH is 1. The molecule has 0 saturated carbocycles. The van der Waals surface area contributed by atoms with Gasteiger partial charge in [-0.3, -0.25) is 0 Å². The van der Waals surface area contributed by atoms with Crippen LogP contribution in [0.4, 0.5) is 4.79 Å². The van der Waals surface area contributed by atoms with Gasteiger partial charge >= 0.3 is 6.03 Å². The van der Waals surface area contributed by atoms with Crippen LogP contribution in [0.15, 0.2) is 42.5 Å². The number of hydrogen-bond donors (Lipinski definition) is 3. The quantitative estimate of drug-likeness (QED) is 0.643. The van der Waals surface area contributed by atoms with E-state index in [1.165, 1.54) is 0 Å². The van der Waals surface area contributed by atoms with Crippen molar-refractivity contribution in [1.82, 2.24) is 10.6 Å². The number of carbonyl (C=O) groups is 1. The smallest absolute Gasteiger partial charge is 0.314 e. The van der Waals surface area contributed by atoms with Crippen molar-refractivity contribution in [2.75, 3.05) is 19.7 Å². The summed E-state index contributed by atoms with van der Waals surface area (Å²) in [5.74, 6) is 0.818. The Morgan fingerprint density at radius 2 is 1.88 bits per heavy atom. The standard InChI is InChI=1S/C20H28N2O3/c1-15(23)13-20(2,3)14-22-19(24)21-11-12-25-18-10-6-8-16-7-4-5-9-17(16)18/h4-10,15,23H,11-14H2,1-3H3,(H2,21,22,24). The van der Waals surface area contributed by atoms with Crippen molar-refractivity contribution in [1.29, 1.82) is 0 Å². The first-order chi connectivity index (χ1) is 11.9. The number of aliphatic hydroxyl groups is 1. The van der Waals surface area contributed by atoms with Crippen molar-refractivity contribution in [3.8, 4) is 5.75 Å². The Labute approximate surface area is 149 Å². The fourth-order valence-electron chi connectivity index (χ4n) is 2.90. The Kier molecular flexibility index (Phi) is 6.65. The first kappa shape index (κ1) is 19.1. The molecule has 3 N–H and O–H groups in total. The molecule has 0 heterocycles. The van der Waals surface area contributed by atoms with Crippen molar-refractivity contribution in [2.45, 2.75) is 33.3 Å². The summed E-state index contributed by atoms with van der Waals surface area (Å²) in [5, 5.41) is 17.3. The van der Waals surface area contributed by atoms with E-state index in [1.807, 2.05) is 56.3 Å². The largest absolute Gasteiger partial charge is 0.491 e. The van der Waals surface area contributed by atoms with E-state index in [1.54, 1.807) is 6.92 Å². The number of fused-ring (bicyclic) bond motifs is 1. The molecular weight excluding hydrogens is 316 g/mol. The lowest BCUT2D eigenvalue weighted by molar-refractivity contribution is 0.128. The van der Waals surface area contributed by atoms with E-state index in [0.717, 1.165) is 16.5 Å². The van der Waals surface area contributed by atoms with Crippen molar-refractivity contribution >= 4 is 16.8 Å². The minimum absolute atomic E-state index is 0.148. The molecule has 0 fully saturated rings. The molecule has 0 radical (unpaired) electrons. The molecule has 0 aliphatic heterocycles. The predicted molar refractivity (Wildman–Crippen MR) is 101 cm³/mol. The first-order valence-electron chi connectivity index (χ1n) is 8.68. The monoisotopic (exact) mass is 344 g/mol. The van der Waals surface area contributed by atoms with Gasteiger partial charge in [-0.15, -0.1) is 0 Å². The van der Waals surface area contributed by atoms with Crippen molar-refractivity contribution in [3.63, 3.8) is 0 Å². The van der Waals surface area contributed by atoms with Crippen LogP contribution in [0.3, 0.4) is 0 Å². The third kappa shape index (κ3) is 6.27. The molecule has 0 saturated heterocycles. The number of nitrogens with one attached hydrogen (secondary N) is 2. The van der Waals surface area contributed by atoms with E-state index in [4.69, 9.17) is 4.74 Å². The van der Waals surface area contributed by atoms with E-state index < -0.39 is 0 Å². The van der Waals surface area contributed by atoms with Gasteiger partial charge in [-0.25, -0.2) is 4.79 Å². The number of amides is 2. The molecule has 136 valence electrons. The number of benzene rings is 2. The fraction of sp³-hybridized carbons (Fsp3) is 0.450. The summed E-state index contributed by atoms with van der Waals surface area (Å²) in [6, 6.07) is 13.8. The first-order valence-corrected chi connectivity index (χ1v) is 8.68. The topological polar surface area (TPSA) is 70.6 Å². The van der Waals surface area contributed by atoms with Gasteiger partial charge in [0, 0.05) is 11.9 Å². The van der Waals surface area contributed by atoms with Gasteiger partial charge in [0.25, 0.3) is 0 Å². The lowest BCUT2D eigenvalue weighted by Gasteiger charge is -2.26. The second kappa shape index (κ2) is 8.72. The van der Waals surface area contributed by atoms with E-state index in [-0.39, 0.29) is 17.6 Å². The molecule has 0 aliphatic rings. The second-order valence-electron chi connectivity index (χ2n) is 7.15. The molecule has 5 nitrogen and oxygen atoms in total. The van der Waals surface area contributed by atoms with E-state index in [2.05, 4.69) is 10.6 Å². The second-order valence-corrected chi connectivity index (χ2v) is 7.15. The average molecular weight is 344 g/mol. The van der Waals surface area contributed by atoms with Crippen LogP contribution in [-0.2, 0) is 0 Å². The van der Waals surface area contributed by atoms with Gasteiger partial charge < -0.3 is 20.5 Å². The lowest BCUT2D eigenvalue weighted by Crippen LogP contribution is -2.42. The number of hydrogen-bond acceptors (Lipinski definition) is 3. The fourth-order valence-corrected chi connectivity index (χ4v) is 2.90. The Morgan fingerprint density at radius 3 is 2.64 bits per heavy atom. The van der Waals surface area contributed by atoms with Gasteiger partial charge in [0.1, 0.15) is 12.4 Å². The summed E-state index contributed by atoms with van der Waals surface area (Å²) in [6.07, 6.45) is 0.256. The minimum atomic E-state index is -0.381. The van der Waals surface area contributed by atoms with Crippen LogP contribution in [-0.4, -0.2) is 36.9 Å². The number of urea groups is 1. The third-order valence-electron chi connectivity index (χ3n) is 3.97. The molecular formula is C20H28N2O3. The van der Waals surface area contributed by atoms with Crippen LogP contribution in [0, 0.1) is 5.41 Å². The maximum absolute atomic E-state index is 11.9. The Balaban J connectivity index is 1.73. The zero-order valence-electron chi connectivity index (χ0n) is 15.2. The van der Waals surface area contributed by atoms with Gasteiger partial charge in [-0.2, -0.15) is 0 Å². The number of ether oxygens (including phenoxy) is 1. The van der Waals surface area contributed by atoms with Gasteiger partial charge in [0.2, 0.25) is 0 Å². The van der Waals surface area contributed by atoms with Gasteiger partial charge in [-0.1, -0.05) is 50.2 Å². The van der Waals surface area contributed by atoms with Crippen LogP contribution in [0.2, 0.25) is 0 Å². The van der Waals surface area contributed by atoms with Gasteiger partial charge in [-0.05, 0) is 30.2 Å². The molecule has 2 aromatic rings. The van der Waals surface area contributed by atoms with Crippen molar-refractivity contribution in [2.24, 2.45) is 5.41 Å². The highest BCUT2D eigenvalue weighted by atomic mass is 16.5. The summed E-state index contributed by atoms with van der Waals surface area (Å²) in [4.78, 5) is 11.9. The highest BCUT2D eigenvalue weighted by Gasteiger charge is 2.20. The Bertz CT molecular complexity index is 693. The molecule has 2 aromatic carbocycles. The third-order valence-corrected chi connectivity index (χ3v) is 3.97. The van der Waals surface area contributed by atoms with Crippen molar-refractivity contribution in [3.05, 3.63) is 42.5 Å². The molecule has 25 heavy (non-hydrogen) atoms. The number of carbonyl (C=O) groups excluding carboxylic acids is 1. The maximum atomic E-state index is 11.9. The molecule has 0 aromatic heterocycles. The molecule has 2 rings (SSSR count). The minimum Gasteiger partial charge on any atom is -0.491 e. The van der Waals surface area contributed by atoms with Crippen LogP contribution in [0.25, 0.3) is 10.8 Å². The highest BCUT2D eigenvalue weighted by Crippen LogP contribution is 2.25. The van der Waals surface area contributed by atoms with Crippen LogP contribution in [0.1, 0.15) is 27.2 Å². The SMILES string of the molecule is CC(O)CC(C)(C)CNC(=O)NCCOc1cccc2ccccc12. The Hall–Kier alpha value is -2.27. The molecule has 1 atom stereocenters. The summed E-state index contributed by atoms with van der Waals surface area (Å²) in [7, 11) is 0. The van der Waals surface area contributed by atoms with E-state index in [9.17, 15) is 9.90 Å². The van der Waals surface area contributed by atoms with Crippen LogP contribution >= 0.6 is 0 Å². The van der Waals surface area contributed by atoms with E-state index >= 15 is 0 Å². The normalized spacial score (nSPS) is 12.6. The summed E-state index contributed by atoms with van der Waals surface area (Å²) in [6.45, 7) is 7.12. The molecule has 0 aliphatic carbocycles. The molecule has 0 spiro atoms. The van der Waals surface area contributed by atoms with Crippen molar-refractivity contribution < 1.29 is 14.6 Å². The molecule has 2 amide bonds. The summed E-state index contributed by atoms with van der Waals surface area (Å²) in [5.41, 5.74) is -0.148. The molecule has 0 bridgehead atoms. The summed E-state index contributed by atoms with van der Waals surface area (Å²) < 4.78 is 5.79. The average Bonchev–Trinajstić information content (AvgIpc) is 2.56. The van der Waals surface area contributed by atoms with E-state index in [0.29, 0.717) is 26.1 Å². The molecule has 1 unspecified atom stereocenters. The zero-order chi connectivity index (χ0) is 18.3. The summed E-state index contributed by atoms with van der Waals surface area (Å²) >= 11 is 0. The number of rotatable bonds is 8. The van der Waals surface area contributed by atoms with Gasteiger partial charge in [0.15, 0.2) is 0 Å². The van der Waals surface area contributed by atoms with Crippen LogP contribution in [0.5, 0.6) is 5.75 Å². The predicted octanol–water partition coefficient (Wildman–Crippen LogP) is 3.31. The lowest BCUT2D eigenvalue weighted by atomic mass is 9.87. The zero-order valence-corrected chi connectivity index (χ0v) is 15.2. The van der Waals surface area contributed by atoms with Crippen LogP contribution < -0.4 is 15.4 Å². The van der Waals surface area contributed by atoms with Gasteiger partial charge in [0.05, 0.1) is 12.6 Å².